The molecule has 2 aliphatic rings. The second kappa shape index (κ2) is 7.18. The minimum absolute atomic E-state index is 0.0442. The van der Waals surface area contributed by atoms with Gasteiger partial charge in [-0.05, 0) is 36.1 Å². The molecule has 2 aliphatic heterocycles. The highest BCUT2D eigenvalue weighted by Crippen LogP contribution is 2.23. The molecule has 0 aromatic heterocycles. The van der Waals surface area contributed by atoms with Crippen LogP contribution >= 0.6 is 0 Å². The summed E-state index contributed by atoms with van der Waals surface area (Å²) in [4.78, 5) is 14.0. The number of benzene rings is 1. The van der Waals surface area contributed by atoms with Crippen LogP contribution in [0.2, 0.25) is 0 Å². The average molecular weight is 353 g/mol. The van der Waals surface area contributed by atoms with E-state index in [-0.39, 0.29) is 16.8 Å². The Morgan fingerprint density at radius 3 is 2.92 bits per heavy atom. The van der Waals surface area contributed by atoms with Gasteiger partial charge in [0.2, 0.25) is 15.9 Å². The van der Waals surface area contributed by atoms with E-state index in [1.165, 1.54) is 0 Å². The Hall–Kier alpha value is -1.48. The van der Waals surface area contributed by atoms with Gasteiger partial charge in [-0.25, -0.2) is 13.1 Å². The van der Waals surface area contributed by atoms with Crippen molar-refractivity contribution in [2.45, 2.75) is 36.7 Å². The predicted octanol–water partition coefficient (Wildman–Crippen LogP) is -0.0127. The summed E-state index contributed by atoms with van der Waals surface area (Å²) >= 11 is 0. The molecule has 7 nitrogen and oxygen atoms in total. The second-order valence-corrected chi connectivity index (χ2v) is 7.93. The summed E-state index contributed by atoms with van der Waals surface area (Å²) in [5.74, 6) is 0.0442. The molecule has 2 heterocycles. The number of hydrogen-bond donors (Lipinski definition) is 2. The molecule has 0 bridgehead atoms. The van der Waals surface area contributed by atoms with Crippen molar-refractivity contribution < 1.29 is 17.9 Å². The zero-order valence-corrected chi connectivity index (χ0v) is 14.3. The Kier molecular flexibility index (Phi) is 5.19. The molecule has 0 spiro atoms. The van der Waals surface area contributed by atoms with Gasteiger partial charge < -0.3 is 15.4 Å². The van der Waals surface area contributed by atoms with E-state index in [2.05, 4.69) is 4.72 Å². The minimum atomic E-state index is -3.54. The average Bonchev–Trinajstić information content (AvgIpc) is 3.06. The van der Waals surface area contributed by atoms with Crippen LogP contribution < -0.4 is 10.5 Å². The van der Waals surface area contributed by atoms with Gasteiger partial charge in [-0.15, -0.1) is 0 Å². The SMILES string of the molecule is NCCC(=O)N1CCc2cc(S(=O)(=O)NC3CCOC3)ccc2C1. The Labute approximate surface area is 142 Å². The normalized spacial score (nSPS) is 20.9. The zero-order chi connectivity index (χ0) is 17.2. The molecule has 0 saturated carbocycles. The number of hydrogen-bond acceptors (Lipinski definition) is 5. The summed E-state index contributed by atoms with van der Waals surface area (Å²) in [6, 6.07) is 4.97. The first-order valence-corrected chi connectivity index (χ1v) is 9.67. The molecular weight excluding hydrogens is 330 g/mol. The topological polar surface area (TPSA) is 102 Å². The smallest absolute Gasteiger partial charge is 0.240 e. The van der Waals surface area contributed by atoms with Crippen molar-refractivity contribution in [3.8, 4) is 0 Å². The summed E-state index contributed by atoms with van der Waals surface area (Å²) in [6.07, 6.45) is 1.69. The highest BCUT2D eigenvalue weighted by molar-refractivity contribution is 7.89. The Morgan fingerprint density at radius 1 is 1.38 bits per heavy atom. The van der Waals surface area contributed by atoms with Crippen LogP contribution in [-0.2, 0) is 32.5 Å². The number of nitrogens with zero attached hydrogens (tertiary/aromatic N) is 1. The monoisotopic (exact) mass is 353 g/mol. The Balaban J connectivity index is 1.74. The molecular formula is C16H23N3O4S. The van der Waals surface area contributed by atoms with Gasteiger partial charge in [0.1, 0.15) is 0 Å². The largest absolute Gasteiger partial charge is 0.380 e. The summed E-state index contributed by atoms with van der Waals surface area (Å²) < 4.78 is 32.9. The molecule has 8 heteroatoms. The van der Waals surface area contributed by atoms with Crippen molar-refractivity contribution in [1.82, 2.24) is 9.62 Å². The lowest BCUT2D eigenvalue weighted by Gasteiger charge is -2.29. The van der Waals surface area contributed by atoms with Crippen molar-refractivity contribution in [1.29, 1.82) is 0 Å². The summed E-state index contributed by atoms with van der Waals surface area (Å²) in [7, 11) is -3.54. The third-order valence-electron chi connectivity index (χ3n) is 4.46. The zero-order valence-electron chi connectivity index (χ0n) is 13.5. The molecule has 1 atom stereocenters. The van der Waals surface area contributed by atoms with Crippen LogP contribution in [0.15, 0.2) is 23.1 Å². The molecule has 3 rings (SSSR count). The quantitative estimate of drug-likeness (QED) is 0.775. The van der Waals surface area contributed by atoms with E-state index in [9.17, 15) is 13.2 Å². The predicted molar refractivity (Wildman–Crippen MR) is 88.8 cm³/mol. The van der Waals surface area contributed by atoms with Gasteiger partial charge in [-0.3, -0.25) is 4.79 Å². The Morgan fingerprint density at radius 2 is 2.21 bits per heavy atom. The summed E-state index contributed by atoms with van der Waals surface area (Å²) in [5, 5.41) is 0. The summed E-state index contributed by atoms with van der Waals surface area (Å²) in [6.45, 7) is 2.46. The molecule has 1 saturated heterocycles. The molecule has 1 fully saturated rings. The van der Waals surface area contributed by atoms with Crippen molar-refractivity contribution in [2.75, 3.05) is 26.3 Å². The van der Waals surface area contributed by atoms with E-state index in [0.717, 1.165) is 11.1 Å². The van der Waals surface area contributed by atoms with Crippen molar-refractivity contribution >= 4 is 15.9 Å². The highest BCUT2D eigenvalue weighted by Gasteiger charge is 2.26. The first-order chi connectivity index (χ1) is 11.5. The van der Waals surface area contributed by atoms with E-state index in [1.54, 1.807) is 23.1 Å². The fourth-order valence-electron chi connectivity index (χ4n) is 3.11. The van der Waals surface area contributed by atoms with Crippen LogP contribution in [0.5, 0.6) is 0 Å². The number of nitrogens with two attached hydrogens (primary N) is 1. The van der Waals surface area contributed by atoms with Crippen LogP contribution in [0, 0.1) is 0 Å². The molecule has 24 heavy (non-hydrogen) atoms. The first-order valence-electron chi connectivity index (χ1n) is 8.19. The lowest BCUT2D eigenvalue weighted by Crippen LogP contribution is -2.37. The molecule has 0 aliphatic carbocycles. The number of sulfonamides is 1. The van der Waals surface area contributed by atoms with E-state index in [1.807, 2.05) is 0 Å². The van der Waals surface area contributed by atoms with E-state index >= 15 is 0 Å². The fourth-order valence-corrected chi connectivity index (χ4v) is 4.41. The lowest BCUT2D eigenvalue weighted by molar-refractivity contribution is -0.131. The molecule has 1 aromatic carbocycles. The number of carbonyl (C=O) groups is 1. The standard InChI is InChI=1S/C16H23N3O4S/c17-6-3-16(20)19-7-4-12-9-15(2-1-13(12)10-19)24(21,22)18-14-5-8-23-11-14/h1-2,9,14,18H,3-8,10-11,17H2. The van der Waals surface area contributed by atoms with Gasteiger partial charge in [0, 0.05) is 38.7 Å². The molecule has 1 unspecified atom stereocenters. The fraction of sp³-hybridized carbons (Fsp3) is 0.562. The number of fused-ring (bicyclic) bond motifs is 1. The first kappa shape index (κ1) is 17.3. The minimum Gasteiger partial charge on any atom is -0.380 e. The van der Waals surface area contributed by atoms with Crippen molar-refractivity contribution in [2.24, 2.45) is 5.73 Å². The third-order valence-corrected chi connectivity index (χ3v) is 5.98. The molecule has 0 radical (unpaired) electrons. The number of amides is 1. The number of rotatable bonds is 5. The third kappa shape index (κ3) is 3.77. The van der Waals surface area contributed by atoms with Gasteiger partial charge in [-0.1, -0.05) is 6.07 Å². The van der Waals surface area contributed by atoms with Crippen molar-refractivity contribution in [3.05, 3.63) is 29.3 Å². The Bertz CT molecular complexity index is 714. The number of carbonyl (C=O) groups excluding carboxylic acids is 1. The molecule has 1 aromatic rings. The maximum absolute atomic E-state index is 12.5. The van der Waals surface area contributed by atoms with Crippen LogP contribution in [0.25, 0.3) is 0 Å². The van der Waals surface area contributed by atoms with Gasteiger partial charge in [-0.2, -0.15) is 0 Å². The lowest BCUT2D eigenvalue weighted by atomic mass is 9.99. The van der Waals surface area contributed by atoms with Crippen molar-refractivity contribution in [3.63, 3.8) is 0 Å². The van der Waals surface area contributed by atoms with Crippen LogP contribution in [-0.4, -0.2) is 51.6 Å². The summed E-state index contributed by atoms with van der Waals surface area (Å²) in [5.41, 5.74) is 7.41. The number of nitrogens with one attached hydrogen (secondary N) is 1. The van der Waals surface area contributed by atoms with Gasteiger partial charge in [0.25, 0.3) is 0 Å². The van der Waals surface area contributed by atoms with E-state index < -0.39 is 10.0 Å². The van der Waals surface area contributed by atoms with Crippen LogP contribution in [0.3, 0.4) is 0 Å². The van der Waals surface area contributed by atoms with E-state index in [0.29, 0.717) is 52.1 Å². The van der Waals surface area contributed by atoms with Gasteiger partial charge in [0.15, 0.2) is 0 Å². The van der Waals surface area contributed by atoms with Gasteiger partial charge >= 0.3 is 0 Å². The second-order valence-electron chi connectivity index (χ2n) is 6.22. The maximum Gasteiger partial charge on any atom is 0.240 e. The maximum atomic E-state index is 12.5. The molecule has 132 valence electrons. The molecule has 1 amide bonds. The molecule has 3 N–H and O–H groups in total. The van der Waals surface area contributed by atoms with E-state index in [4.69, 9.17) is 10.5 Å². The van der Waals surface area contributed by atoms with Gasteiger partial charge in [0.05, 0.1) is 11.5 Å². The number of ether oxygens (including phenoxy) is 1. The van der Waals surface area contributed by atoms with Crippen LogP contribution in [0.4, 0.5) is 0 Å². The van der Waals surface area contributed by atoms with Crippen LogP contribution in [0.1, 0.15) is 24.0 Å². The highest BCUT2D eigenvalue weighted by atomic mass is 32.2.